The van der Waals surface area contributed by atoms with Gasteiger partial charge in [0.25, 0.3) is 0 Å². The van der Waals surface area contributed by atoms with Crippen LogP contribution in [0.3, 0.4) is 0 Å². The maximum atomic E-state index is 12.2. The number of nitrogens with one attached hydrogen (secondary N) is 2. The van der Waals surface area contributed by atoms with Crippen LogP contribution >= 0.6 is 0 Å². The maximum absolute atomic E-state index is 12.2. The number of hydrogen-bond donors (Lipinski definition) is 2. The monoisotopic (exact) mass is 308 g/mol. The lowest BCUT2D eigenvalue weighted by Crippen LogP contribution is -2.48. The molecule has 3 rings (SSSR count). The van der Waals surface area contributed by atoms with E-state index in [1.807, 2.05) is 0 Å². The fourth-order valence-corrected chi connectivity index (χ4v) is 3.30. The molecule has 0 saturated carbocycles. The molecular weight excluding hydrogens is 292 g/mol. The Hall–Kier alpha value is -1.97. The summed E-state index contributed by atoms with van der Waals surface area (Å²) in [7, 11) is -3.52. The molecule has 0 radical (unpaired) electrons. The van der Waals surface area contributed by atoms with Crippen molar-refractivity contribution in [2.45, 2.75) is 0 Å². The highest BCUT2D eigenvalue weighted by molar-refractivity contribution is 7.90. The van der Waals surface area contributed by atoms with E-state index in [0.29, 0.717) is 37.7 Å². The average Bonchev–Trinajstić information content (AvgIpc) is 3.03. The molecule has 0 atom stereocenters. The number of hydrogen-bond acceptors (Lipinski definition) is 5. The van der Waals surface area contributed by atoms with Crippen molar-refractivity contribution in [1.82, 2.24) is 24.2 Å². The van der Waals surface area contributed by atoms with E-state index >= 15 is 0 Å². The molecular formula is C12H16N6O2S. The number of anilines is 1. The van der Waals surface area contributed by atoms with E-state index in [0.717, 1.165) is 0 Å². The lowest BCUT2D eigenvalue weighted by molar-refractivity contribution is 0.362. The van der Waals surface area contributed by atoms with Crippen molar-refractivity contribution in [2.75, 3.05) is 30.9 Å². The molecule has 2 aromatic heterocycles. The molecule has 1 aliphatic heterocycles. The van der Waals surface area contributed by atoms with Crippen LogP contribution < -0.4 is 10.0 Å². The summed E-state index contributed by atoms with van der Waals surface area (Å²) in [5.41, 5.74) is 0.442. The third-order valence-corrected chi connectivity index (χ3v) is 4.72. The van der Waals surface area contributed by atoms with Crippen LogP contribution in [0.2, 0.25) is 0 Å². The van der Waals surface area contributed by atoms with Gasteiger partial charge in [0.2, 0.25) is 0 Å². The predicted molar refractivity (Wildman–Crippen MR) is 78.3 cm³/mol. The van der Waals surface area contributed by atoms with Crippen molar-refractivity contribution in [2.24, 2.45) is 0 Å². The normalized spacial score (nSPS) is 16.8. The fourth-order valence-electron chi connectivity index (χ4n) is 2.09. The molecule has 1 saturated heterocycles. The summed E-state index contributed by atoms with van der Waals surface area (Å²) in [6.45, 7) is 2.27. The maximum Gasteiger partial charge on any atom is 0.301 e. The first-order valence-corrected chi connectivity index (χ1v) is 8.02. The Kier molecular flexibility index (Phi) is 3.86. The molecule has 21 heavy (non-hydrogen) atoms. The lowest BCUT2D eigenvalue weighted by Gasteiger charge is -2.26. The third-order valence-electron chi connectivity index (χ3n) is 3.18. The van der Waals surface area contributed by atoms with Crippen LogP contribution in [-0.4, -0.2) is 53.4 Å². The Morgan fingerprint density at radius 1 is 1.24 bits per heavy atom. The van der Waals surface area contributed by atoms with E-state index in [2.05, 4.69) is 20.0 Å². The molecule has 0 aliphatic carbocycles. The van der Waals surface area contributed by atoms with Gasteiger partial charge in [-0.15, -0.1) is 0 Å². The molecule has 2 aromatic rings. The summed E-state index contributed by atoms with van der Waals surface area (Å²) in [6.07, 6.45) is 6.55. The summed E-state index contributed by atoms with van der Waals surface area (Å²) in [4.78, 5) is 8.16. The molecule has 0 unspecified atom stereocenters. The van der Waals surface area contributed by atoms with Crippen LogP contribution in [0.15, 0.2) is 37.1 Å². The molecule has 9 heteroatoms. The third kappa shape index (κ3) is 3.20. The Balaban J connectivity index is 1.72. The van der Waals surface area contributed by atoms with Gasteiger partial charge < -0.3 is 5.32 Å². The minimum absolute atomic E-state index is 0.442. The Morgan fingerprint density at radius 3 is 2.67 bits per heavy atom. The molecule has 2 N–H and O–H groups in total. The summed E-state index contributed by atoms with van der Waals surface area (Å²) in [5, 5.41) is 3.12. The van der Waals surface area contributed by atoms with Gasteiger partial charge >= 0.3 is 10.2 Å². The van der Waals surface area contributed by atoms with E-state index in [1.54, 1.807) is 35.4 Å². The highest BCUT2D eigenvalue weighted by Gasteiger charge is 2.23. The van der Waals surface area contributed by atoms with Gasteiger partial charge in [-0.05, 0) is 12.1 Å². The van der Waals surface area contributed by atoms with E-state index < -0.39 is 10.2 Å². The van der Waals surface area contributed by atoms with Gasteiger partial charge in [-0.1, -0.05) is 0 Å². The van der Waals surface area contributed by atoms with Crippen LogP contribution in [0.5, 0.6) is 0 Å². The van der Waals surface area contributed by atoms with Crippen LogP contribution in [-0.2, 0) is 10.2 Å². The second-order valence-electron chi connectivity index (χ2n) is 4.63. The second kappa shape index (κ2) is 5.80. The van der Waals surface area contributed by atoms with Crippen molar-refractivity contribution < 1.29 is 8.42 Å². The second-order valence-corrected chi connectivity index (χ2v) is 6.30. The SMILES string of the molecule is O=S(=O)(Nc1ccc(-n2ccnc2)nc1)N1CCNCC1. The molecule has 0 aromatic carbocycles. The van der Waals surface area contributed by atoms with Crippen LogP contribution in [0.1, 0.15) is 0 Å². The number of rotatable bonds is 4. The summed E-state index contributed by atoms with van der Waals surface area (Å²) < 4.78 is 30.1. The Labute approximate surface area is 123 Å². The number of imidazole rings is 1. The van der Waals surface area contributed by atoms with Gasteiger partial charge in [-0.3, -0.25) is 9.29 Å². The number of piperazine rings is 1. The highest BCUT2D eigenvalue weighted by atomic mass is 32.2. The van der Waals surface area contributed by atoms with E-state index in [4.69, 9.17) is 0 Å². The van der Waals surface area contributed by atoms with Gasteiger partial charge in [-0.25, -0.2) is 9.97 Å². The standard InChI is InChI=1S/C12H16N6O2S/c19-21(20,18-7-4-13-5-8-18)16-11-1-2-12(15-9-11)17-6-3-14-10-17/h1-3,6,9-10,13,16H,4-5,7-8H2. The summed E-state index contributed by atoms with van der Waals surface area (Å²) >= 11 is 0. The molecule has 112 valence electrons. The zero-order valence-corrected chi connectivity index (χ0v) is 12.1. The van der Waals surface area contributed by atoms with Crippen molar-refractivity contribution in [1.29, 1.82) is 0 Å². The predicted octanol–water partition coefficient (Wildman–Crippen LogP) is -0.171. The van der Waals surface area contributed by atoms with Gasteiger partial charge in [-0.2, -0.15) is 12.7 Å². The molecule has 0 bridgehead atoms. The molecule has 8 nitrogen and oxygen atoms in total. The van der Waals surface area contributed by atoms with Crippen LogP contribution in [0.4, 0.5) is 5.69 Å². The first-order valence-electron chi connectivity index (χ1n) is 6.58. The Bertz CT molecular complexity index is 677. The molecule has 0 amide bonds. The van der Waals surface area contributed by atoms with Crippen molar-refractivity contribution in [3.63, 3.8) is 0 Å². The van der Waals surface area contributed by atoms with E-state index in [1.165, 1.54) is 10.5 Å². The van der Waals surface area contributed by atoms with Gasteiger partial charge in [0.15, 0.2) is 0 Å². The topological polar surface area (TPSA) is 92.1 Å². The largest absolute Gasteiger partial charge is 0.314 e. The molecule has 3 heterocycles. The van der Waals surface area contributed by atoms with Crippen LogP contribution in [0.25, 0.3) is 5.82 Å². The van der Waals surface area contributed by atoms with Crippen molar-refractivity contribution in [3.05, 3.63) is 37.1 Å². The zero-order valence-electron chi connectivity index (χ0n) is 11.3. The minimum atomic E-state index is -3.52. The zero-order chi connectivity index (χ0) is 14.7. The first-order chi connectivity index (χ1) is 10.1. The first kappa shape index (κ1) is 14.0. The number of aromatic nitrogens is 3. The van der Waals surface area contributed by atoms with Gasteiger partial charge in [0, 0.05) is 38.6 Å². The number of pyridine rings is 1. The fraction of sp³-hybridized carbons (Fsp3) is 0.333. The van der Waals surface area contributed by atoms with Crippen molar-refractivity contribution >= 4 is 15.9 Å². The van der Waals surface area contributed by atoms with Crippen molar-refractivity contribution in [3.8, 4) is 5.82 Å². The Morgan fingerprint density at radius 2 is 2.05 bits per heavy atom. The quantitative estimate of drug-likeness (QED) is 0.818. The average molecular weight is 308 g/mol. The lowest BCUT2D eigenvalue weighted by atomic mass is 10.4. The van der Waals surface area contributed by atoms with E-state index in [9.17, 15) is 8.42 Å². The molecule has 1 aliphatic rings. The highest BCUT2D eigenvalue weighted by Crippen LogP contribution is 2.13. The van der Waals surface area contributed by atoms with E-state index in [-0.39, 0.29) is 0 Å². The molecule has 0 spiro atoms. The van der Waals surface area contributed by atoms with Crippen LogP contribution in [0, 0.1) is 0 Å². The minimum Gasteiger partial charge on any atom is -0.314 e. The summed E-state index contributed by atoms with van der Waals surface area (Å²) in [6, 6.07) is 3.42. The smallest absolute Gasteiger partial charge is 0.301 e. The summed E-state index contributed by atoms with van der Waals surface area (Å²) in [5.74, 6) is 0.678. The number of nitrogens with zero attached hydrogens (tertiary/aromatic N) is 4. The molecule has 1 fully saturated rings. The van der Waals surface area contributed by atoms with Gasteiger partial charge in [0.1, 0.15) is 12.1 Å². The van der Waals surface area contributed by atoms with Gasteiger partial charge in [0.05, 0.1) is 11.9 Å².